The maximum atomic E-state index is 3.60. The molecule has 0 radical (unpaired) electrons. The van der Waals surface area contributed by atoms with Gasteiger partial charge in [0.2, 0.25) is 0 Å². The summed E-state index contributed by atoms with van der Waals surface area (Å²) in [6.45, 7) is 5.78. The topological polar surface area (TPSA) is 17.0 Å². The molecule has 1 N–H and O–H groups in total. The van der Waals surface area contributed by atoms with Crippen LogP contribution in [-0.2, 0) is 6.42 Å². The van der Waals surface area contributed by atoms with E-state index in [1.807, 2.05) is 0 Å². The summed E-state index contributed by atoms with van der Waals surface area (Å²) in [5.41, 5.74) is 4.56. The lowest BCUT2D eigenvalue weighted by molar-refractivity contribution is 0.598. The summed E-state index contributed by atoms with van der Waals surface area (Å²) in [4.78, 5) is 0. The van der Waals surface area contributed by atoms with Crippen molar-refractivity contribution in [2.75, 3.05) is 6.54 Å². The average molecular weight is 218 g/mol. The Morgan fingerprint density at radius 1 is 1.31 bits per heavy atom. The molecule has 2 aliphatic rings. The summed E-state index contributed by atoms with van der Waals surface area (Å²) < 4.78 is 2.56. The second-order valence-electron chi connectivity index (χ2n) is 5.49. The number of nitrogens with one attached hydrogen (secondary N) is 1. The van der Waals surface area contributed by atoms with Crippen molar-refractivity contribution < 1.29 is 0 Å². The van der Waals surface area contributed by atoms with Gasteiger partial charge in [0.1, 0.15) is 0 Å². The Labute approximate surface area is 98.0 Å². The van der Waals surface area contributed by atoms with Crippen LogP contribution in [0.2, 0.25) is 0 Å². The van der Waals surface area contributed by atoms with E-state index in [1.165, 1.54) is 50.0 Å². The lowest BCUT2D eigenvalue weighted by Gasteiger charge is -2.11. The number of hydrogen-bond acceptors (Lipinski definition) is 1. The largest absolute Gasteiger partial charge is 0.346 e. The first-order valence-corrected chi connectivity index (χ1v) is 6.66. The zero-order chi connectivity index (χ0) is 11.1. The van der Waals surface area contributed by atoms with Crippen LogP contribution in [0.4, 0.5) is 0 Å². The van der Waals surface area contributed by atoms with Gasteiger partial charge >= 0.3 is 0 Å². The Balaban J connectivity index is 1.80. The van der Waals surface area contributed by atoms with Crippen molar-refractivity contribution in [2.24, 2.45) is 0 Å². The summed E-state index contributed by atoms with van der Waals surface area (Å²) in [6.07, 6.45) is 6.71. The van der Waals surface area contributed by atoms with Crippen molar-refractivity contribution >= 4 is 0 Å². The Bertz CT molecular complexity index is 382. The van der Waals surface area contributed by atoms with Crippen LogP contribution in [0.1, 0.15) is 48.7 Å². The summed E-state index contributed by atoms with van der Waals surface area (Å²) in [5, 5.41) is 3.60. The molecule has 2 nitrogen and oxygen atoms in total. The first-order valence-electron chi connectivity index (χ1n) is 6.66. The highest BCUT2D eigenvalue weighted by molar-refractivity contribution is 5.29. The predicted octanol–water partition coefficient (Wildman–Crippen LogP) is 2.73. The van der Waals surface area contributed by atoms with E-state index in [4.69, 9.17) is 0 Å². The molecular formula is C14H22N2. The summed E-state index contributed by atoms with van der Waals surface area (Å²) in [5.74, 6) is 0. The molecule has 2 heterocycles. The minimum Gasteiger partial charge on any atom is -0.346 e. The monoisotopic (exact) mass is 218 g/mol. The third kappa shape index (κ3) is 1.80. The molecule has 16 heavy (non-hydrogen) atoms. The van der Waals surface area contributed by atoms with Crippen molar-refractivity contribution in [3.05, 3.63) is 23.0 Å². The number of rotatable bonds is 3. The molecule has 1 aliphatic carbocycles. The molecular weight excluding hydrogens is 196 g/mol. The van der Waals surface area contributed by atoms with E-state index in [-0.39, 0.29) is 0 Å². The molecule has 0 bridgehead atoms. The van der Waals surface area contributed by atoms with Gasteiger partial charge in [-0.25, -0.2) is 0 Å². The molecule has 1 saturated heterocycles. The van der Waals surface area contributed by atoms with Crippen molar-refractivity contribution in [3.63, 3.8) is 0 Å². The maximum Gasteiger partial charge on any atom is 0.0337 e. The number of nitrogens with zero attached hydrogens (tertiary/aromatic N) is 1. The lowest BCUT2D eigenvalue weighted by Crippen LogP contribution is -2.23. The van der Waals surface area contributed by atoms with Crippen molar-refractivity contribution in [1.82, 2.24) is 9.88 Å². The van der Waals surface area contributed by atoms with E-state index in [0.29, 0.717) is 0 Å². The molecule has 2 fully saturated rings. The third-order valence-corrected chi connectivity index (χ3v) is 4.13. The molecule has 88 valence electrons. The van der Waals surface area contributed by atoms with Gasteiger partial charge in [-0.3, -0.25) is 0 Å². The highest BCUT2D eigenvalue weighted by Gasteiger charge is 2.27. The van der Waals surface area contributed by atoms with Gasteiger partial charge < -0.3 is 9.88 Å². The number of aryl methyl sites for hydroxylation is 1. The fraction of sp³-hybridized carbons (Fsp3) is 0.714. The zero-order valence-electron chi connectivity index (χ0n) is 10.4. The normalized spacial score (nSPS) is 25.2. The van der Waals surface area contributed by atoms with E-state index >= 15 is 0 Å². The third-order valence-electron chi connectivity index (χ3n) is 4.13. The van der Waals surface area contributed by atoms with Crippen LogP contribution < -0.4 is 5.32 Å². The van der Waals surface area contributed by atoms with E-state index < -0.39 is 0 Å². The first-order chi connectivity index (χ1) is 7.75. The average Bonchev–Trinajstić information content (AvgIpc) is 2.86. The fourth-order valence-corrected chi connectivity index (χ4v) is 3.14. The van der Waals surface area contributed by atoms with Crippen LogP contribution in [0.25, 0.3) is 0 Å². The highest BCUT2D eigenvalue weighted by Crippen LogP contribution is 2.38. The Morgan fingerprint density at radius 3 is 2.75 bits per heavy atom. The van der Waals surface area contributed by atoms with Crippen LogP contribution in [0, 0.1) is 13.8 Å². The van der Waals surface area contributed by atoms with Gasteiger partial charge in [-0.15, -0.1) is 0 Å². The predicted molar refractivity (Wildman–Crippen MR) is 66.9 cm³/mol. The fourth-order valence-electron chi connectivity index (χ4n) is 3.14. The van der Waals surface area contributed by atoms with E-state index in [9.17, 15) is 0 Å². The minimum absolute atomic E-state index is 0.730. The summed E-state index contributed by atoms with van der Waals surface area (Å²) in [7, 11) is 0. The van der Waals surface area contributed by atoms with Crippen LogP contribution in [0.3, 0.4) is 0 Å². The van der Waals surface area contributed by atoms with Crippen molar-refractivity contribution in [3.8, 4) is 0 Å². The maximum absolute atomic E-state index is 3.60. The number of aromatic nitrogens is 1. The molecule has 0 spiro atoms. The highest BCUT2D eigenvalue weighted by atomic mass is 15.1. The van der Waals surface area contributed by atoms with Gasteiger partial charge in [0.05, 0.1) is 0 Å². The van der Waals surface area contributed by atoms with Crippen molar-refractivity contribution in [2.45, 2.75) is 58.0 Å². The standard InChI is InChI=1S/C14H22N2/c1-10-8-12(9-13-4-3-7-15-13)11(2)16(10)14-5-6-14/h8,13-15H,3-7,9H2,1-2H3. The number of hydrogen-bond donors (Lipinski definition) is 1. The molecule has 0 aromatic carbocycles. The minimum atomic E-state index is 0.730. The SMILES string of the molecule is Cc1cc(CC2CCCN2)c(C)n1C1CC1. The van der Waals surface area contributed by atoms with Gasteiger partial charge in [0.15, 0.2) is 0 Å². The van der Waals surface area contributed by atoms with E-state index in [1.54, 1.807) is 5.56 Å². The smallest absolute Gasteiger partial charge is 0.0337 e. The Kier molecular flexibility index (Phi) is 2.55. The van der Waals surface area contributed by atoms with Crippen LogP contribution in [-0.4, -0.2) is 17.2 Å². The molecule has 1 aromatic heterocycles. The summed E-state index contributed by atoms with van der Waals surface area (Å²) in [6, 6.07) is 3.96. The van der Waals surface area contributed by atoms with Gasteiger partial charge in [-0.05, 0) is 64.1 Å². The van der Waals surface area contributed by atoms with Crippen LogP contribution in [0.5, 0.6) is 0 Å². The van der Waals surface area contributed by atoms with Gasteiger partial charge in [-0.1, -0.05) is 0 Å². The van der Waals surface area contributed by atoms with Crippen LogP contribution in [0.15, 0.2) is 6.07 Å². The van der Waals surface area contributed by atoms with Crippen LogP contribution >= 0.6 is 0 Å². The molecule has 0 amide bonds. The molecule has 3 rings (SSSR count). The second kappa shape index (κ2) is 3.92. The van der Waals surface area contributed by atoms with E-state index in [0.717, 1.165) is 12.1 Å². The molecule has 1 atom stereocenters. The molecule has 1 saturated carbocycles. The second-order valence-corrected chi connectivity index (χ2v) is 5.49. The summed E-state index contributed by atoms with van der Waals surface area (Å²) >= 11 is 0. The molecule has 2 heteroatoms. The quantitative estimate of drug-likeness (QED) is 0.825. The Hall–Kier alpha value is -0.760. The molecule has 1 unspecified atom stereocenters. The lowest BCUT2D eigenvalue weighted by atomic mass is 10.1. The Morgan fingerprint density at radius 2 is 2.12 bits per heavy atom. The first kappa shape index (κ1) is 10.4. The molecule has 1 aliphatic heterocycles. The van der Waals surface area contributed by atoms with Gasteiger partial charge in [0, 0.05) is 23.5 Å². The van der Waals surface area contributed by atoms with E-state index in [2.05, 4.69) is 29.8 Å². The van der Waals surface area contributed by atoms with Gasteiger partial charge in [-0.2, -0.15) is 0 Å². The van der Waals surface area contributed by atoms with Crippen molar-refractivity contribution in [1.29, 1.82) is 0 Å². The zero-order valence-corrected chi connectivity index (χ0v) is 10.4. The van der Waals surface area contributed by atoms with Gasteiger partial charge in [0.25, 0.3) is 0 Å². The molecule has 1 aromatic rings.